The smallest absolute Gasteiger partial charge is 0.251 e. The summed E-state index contributed by atoms with van der Waals surface area (Å²) in [6.45, 7) is 4.34. The zero-order valence-electron chi connectivity index (χ0n) is 9.69. The number of rotatable bonds is 4. The number of nitrogens with one attached hydrogen (secondary N) is 1. The van der Waals surface area contributed by atoms with E-state index in [2.05, 4.69) is 21.2 Å². The van der Waals surface area contributed by atoms with Gasteiger partial charge in [0.1, 0.15) is 5.82 Å². The van der Waals surface area contributed by atoms with Gasteiger partial charge in [-0.2, -0.15) is 0 Å². The third-order valence-corrected chi connectivity index (χ3v) is 3.40. The van der Waals surface area contributed by atoms with Crippen molar-refractivity contribution in [3.8, 4) is 0 Å². The van der Waals surface area contributed by atoms with Crippen molar-refractivity contribution < 1.29 is 9.18 Å². The summed E-state index contributed by atoms with van der Waals surface area (Å²) >= 11 is 8.90. The lowest BCUT2D eigenvalue weighted by Gasteiger charge is -2.21. The number of alkyl halides is 1. The first-order chi connectivity index (χ1) is 7.84. The molecule has 1 rings (SSSR count). The summed E-state index contributed by atoms with van der Waals surface area (Å²) in [5.74, 6) is -0.301. The summed E-state index contributed by atoms with van der Waals surface area (Å²) < 4.78 is 13.6. The molecule has 0 aliphatic heterocycles. The summed E-state index contributed by atoms with van der Waals surface area (Å²) in [6, 6.07) is 4.08. The van der Waals surface area contributed by atoms with E-state index in [9.17, 15) is 9.18 Å². The predicted octanol–water partition coefficient (Wildman–Crippen LogP) is 3.58. The Morgan fingerprint density at radius 1 is 1.47 bits per heavy atom. The van der Waals surface area contributed by atoms with E-state index in [0.717, 1.165) is 0 Å². The van der Waals surface area contributed by atoms with Gasteiger partial charge in [0.2, 0.25) is 0 Å². The molecule has 0 saturated heterocycles. The summed E-state index contributed by atoms with van der Waals surface area (Å²) in [4.78, 5) is 11.8. The molecule has 0 aliphatic carbocycles. The highest BCUT2D eigenvalue weighted by atomic mass is 79.9. The van der Waals surface area contributed by atoms with Gasteiger partial charge in [-0.3, -0.25) is 4.79 Å². The number of carbonyl (C=O) groups excluding carboxylic acids is 1. The maximum atomic E-state index is 13.1. The summed E-state index contributed by atoms with van der Waals surface area (Å²) in [7, 11) is 0. The largest absolute Gasteiger partial charge is 0.351 e. The van der Waals surface area contributed by atoms with E-state index < -0.39 is 5.82 Å². The number of hydrogen-bond donors (Lipinski definition) is 1. The fourth-order valence-corrected chi connectivity index (χ4v) is 1.71. The molecule has 0 aliphatic rings. The van der Waals surface area contributed by atoms with Gasteiger partial charge < -0.3 is 5.32 Å². The Hall–Kier alpha value is -0.610. The molecule has 0 spiro atoms. The van der Waals surface area contributed by atoms with Gasteiger partial charge >= 0.3 is 0 Å². The van der Waals surface area contributed by atoms with Crippen LogP contribution in [-0.4, -0.2) is 18.3 Å². The molecule has 17 heavy (non-hydrogen) atoms. The minimum atomic E-state index is -0.443. The molecule has 5 heteroatoms. The highest BCUT2D eigenvalue weighted by Gasteiger charge is 2.18. The Bertz CT molecular complexity index is 403. The monoisotopic (exact) mass is 321 g/mol. The Kier molecular flexibility index (Phi) is 4.95. The normalized spacial score (nSPS) is 11.4. The summed E-state index contributed by atoms with van der Waals surface area (Å²) in [6.07, 6.45) is 0. The van der Waals surface area contributed by atoms with Crippen LogP contribution >= 0.6 is 27.5 Å². The van der Waals surface area contributed by atoms with Gasteiger partial charge in [-0.25, -0.2) is 4.39 Å². The van der Waals surface area contributed by atoms with E-state index in [4.69, 9.17) is 11.6 Å². The van der Waals surface area contributed by atoms with Gasteiger partial charge in [0.05, 0.1) is 0 Å². The second-order valence-corrected chi connectivity index (χ2v) is 5.82. The molecule has 0 heterocycles. The highest BCUT2D eigenvalue weighted by Crippen LogP contribution is 2.17. The molecular formula is C12H14BrClFNO. The van der Waals surface area contributed by atoms with Crippen molar-refractivity contribution in [2.45, 2.75) is 13.8 Å². The molecule has 1 aromatic carbocycles. The van der Waals surface area contributed by atoms with Gasteiger partial charge in [-0.05, 0) is 23.6 Å². The zero-order chi connectivity index (χ0) is 13.1. The standard InChI is InChI=1S/C12H14BrClFNO/c1-12(2,6-14)7-16-11(17)8-3-9(13)5-10(15)4-8/h3-5H,6-7H2,1-2H3,(H,16,17). The van der Waals surface area contributed by atoms with Crippen molar-refractivity contribution in [2.24, 2.45) is 5.41 Å². The summed E-state index contributed by atoms with van der Waals surface area (Å²) in [5.41, 5.74) is 0.115. The SMILES string of the molecule is CC(C)(CCl)CNC(=O)c1cc(F)cc(Br)c1. The lowest BCUT2D eigenvalue weighted by Crippen LogP contribution is -2.35. The third kappa shape index (κ3) is 4.64. The van der Waals surface area contributed by atoms with Gasteiger partial charge in [-0.15, -0.1) is 11.6 Å². The first kappa shape index (κ1) is 14.5. The Morgan fingerprint density at radius 2 is 2.12 bits per heavy atom. The second-order valence-electron chi connectivity index (χ2n) is 4.64. The minimum Gasteiger partial charge on any atom is -0.351 e. The Labute approximate surface area is 114 Å². The van der Waals surface area contributed by atoms with E-state index in [0.29, 0.717) is 22.5 Å². The number of hydrogen-bond acceptors (Lipinski definition) is 1. The maximum Gasteiger partial charge on any atom is 0.251 e. The predicted molar refractivity (Wildman–Crippen MR) is 70.9 cm³/mol. The van der Waals surface area contributed by atoms with Gasteiger partial charge in [0.15, 0.2) is 0 Å². The highest BCUT2D eigenvalue weighted by molar-refractivity contribution is 9.10. The van der Waals surface area contributed by atoms with Crippen LogP contribution in [0.2, 0.25) is 0 Å². The topological polar surface area (TPSA) is 29.1 Å². The molecule has 94 valence electrons. The molecule has 0 aromatic heterocycles. The molecular weight excluding hydrogens is 308 g/mol. The van der Waals surface area contributed by atoms with Crippen LogP contribution in [0.5, 0.6) is 0 Å². The molecule has 1 amide bonds. The lowest BCUT2D eigenvalue weighted by molar-refractivity contribution is 0.0939. The minimum absolute atomic E-state index is 0.179. The molecule has 1 aromatic rings. The van der Waals surface area contributed by atoms with Crippen LogP contribution in [0.1, 0.15) is 24.2 Å². The second kappa shape index (κ2) is 5.83. The van der Waals surface area contributed by atoms with Crippen molar-refractivity contribution in [2.75, 3.05) is 12.4 Å². The molecule has 0 atom stereocenters. The maximum absolute atomic E-state index is 13.1. The van der Waals surface area contributed by atoms with Crippen LogP contribution in [0.25, 0.3) is 0 Å². The fourth-order valence-electron chi connectivity index (χ4n) is 1.15. The molecule has 1 N–H and O–H groups in total. The van der Waals surface area contributed by atoms with Crippen molar-refractivity contribution in [1.29, 1.82) is 0 Å². The van der Waals surface area contributed by atoms with Gasteiger partial charge in [-0.1, -0.05) is 29.8 Å². The first-order valence-corrected chi connectivity index (χ1v) is 6.47. The van der Waals surface area contributed by atoms with E-state index in [1.165, 1.54) is 12.1 Å². The lowest BCUT2D eigenvalue weighted by atomic mass is 9.96. The molecule has 0 fully saturated rings. The number of halogens is 3. The van der Waals surface area contributed by atoms with E-state index in [1.54, 1.807) is 6.07 Å². The Morgan fingerprint density at radius 3 is 2.65 bits per heavy atom. The van der Waals surface area contributed by atoms with Crippen LogP contribution in [0.4, 0.5) is 4.39 Å². The molecule has 0 saturated carbocycles. The zero-order valence-corrected chi connectivity index (χ0v) is 12.0. The van der Waals surface area contributed by atoms with Gasteiger partial charge in [0.25, 0.3) is 5.91 Å². The quantitative estimate of drug-likeness (QED) is 0.843. The van der Waals surface area contributed by atoms with Crippen LogP contribution in [0, 0.1) is 11.2 Å². The average Bonchev–Trinajstić information content (AvgIpc) is 2.24. The average molecular weight is 323 g/mol. The van der Waals surface area contributed by atoms with Crippen LogP contribution in [0.15, 0.2) is 22.7 Å². The number of amides is 1. The van der Waals surface area contributed by atoms with Crippen LogP contribution in [0.3, 0.4) is 0 Å². The Balaban J connectivity index is 2.70. The molecule has 0 bridgehead atoms. The number of carbonyl (C=O) groups is 1. The number of benzene rings is 1. The van der Waals surface area contributed by atoms with Crippen molar-refractivity contribution in [3.05, 3.63) is 34.1 Å². The van der Waals surface area contributed by atoms with Crippen LogP contribution in [-0.2, 0) is 0 Å². The third-order valence-electron chi connectivity index (χ3n) is 2.21. The van der Waals surface area contributed by atoms with Crippen molar-refractivity contribution >= 4 is 33.4 Å². The summed E-state index contributed by atoms with van der Waals surface area (Å²) in [5, 5.41) is 2.73. The van der Waals surface area contributed by atoms with Crippen LogP contribution < -0.4 is 5.32 Å². The van der Waals surface area contributed by atoms with Crippen molar-refractivity contribution in [3.63, 3.8) is 0 Å². The molecule has 0 unspecified atom stereocenters. The van der Waals surface area contributed by atoms with Gasteiger partial charge in [0, 0.05) is 22.5 Å². The van der Waals surface area contributed by atoms with E-state index >= 15 is 0 Å². The van der Waals surface area contributed by atoms with Crippen molar-refractivity contribution in [1.82, 2.24) is 5.32 Å². The molecule has 2 nitrogen and oxygen atoms in total. The van der Waals surface area contributed by atoms with E-state index in [-0.39, 0.29) is 11.3 Å². The fraction of sp³-hybridized carbons (Fsp3) is 0.417. The van der Waals surface area contributed by atoms with E-state index in [1.807, 2.05) is 13.8 Å². The first-order valence-electron chi connectivity index (χ1n) is 5.14. The molecule has 0 radical (unpaired) electrons.